The lowest BCUT2D eigenvalue weighted by molar-refractivity contribution is 0.0523. The zero-order chi connectivity index (χ0) is 6.72. The molecular formula is C9H14O. The highest BCUT2D eigenvalue weighted by molar-refractivity contribution is 5.10. The number of methoxy groups -OCH3 is 1. The smallest absolute Gasteiger partial charge is 0.0605 e. The van der Waals surface area contributed by atoms with Gasteiger partial charge in [-0.05, 0) is 42.9 Å². The molecular weight excluding hydrogens is 124 g/mol. The Morgan fingerprint density at radius 1 is 1.00 bits per heavy atom. The molecule has 5 atom stereocenters. The Morgan fingerprint density at radius 3 is 2.50 bits per heavy atom. The maximum atomic E-state index is 5.44. The fourth-order valence-corrected chi connectivity index (χ4v) is 3.41. The van der Waals surface area contributed by atoms with E-state index in [0.717, 1.165) is 23.7 Å². The van der Waals surface area contributed by atoms with Crippen LogP contribution in [0.25, 0.3) is 0 Å². The van der Waals surface area contributed by atoms with E-state index in [-0.39, 0.29) is 0 Å². The van der Waals surface area contributed by atoms with Gasteiger partial charge in [0.2, 0.25) is 0 Å². The van der Waals surface area contributed by atoms with Gasteiger partial charge in [-0.1, -0.05) is 0 Å². The summed E-state index contributed by atoms with van der Waals surface area (Å²) < 4.78 is 5.44. The molecule has 0 unspecified atom stereocenters. The van der Waals surface area contributed by atoms with Crippen LogP contribution in [0, 0.1) is 23.7 Å². The molecule has 3 fully saturated rings. The second-order valence-electron chi connectivity index (χ2n) is 4.23. The number of hydrogen-bond donors (Lipinski definition) is 0. The van der Waals surface area contributed by atoms with Crippen molar-refractivity contribution < 1.29 is 4.74 Å². The number of ether oxygens (including phenoxy) is 1. The maximum Gasteiger partial charge on any atom is 0.0605 e. The van der Waals surface area contributed by atoms with E-state index >= 15 is 0 Å². The first kappa shape index (κ1) is 5.59. The van der Waals surface area contributed by atoms with Gasteiger partial charge >= 0.3 is 0 Å². The van der Waals surface area contributed by atoms with Crippen LogP contribution >= 0.6 is 0 Å². The number of rotatable bonds is 1. The van der Waals surface area contributed by atoms with Gasteiger partial charge in [0.1, 0.15) is 0 Å². The third kappa shape index (κ3) is 0.493. The van der Waals surface area contributed by atoms with Crippen molar-refractivity contribution in [3.63, 3.8) is 0 Å². The topological polar surface area (TPSA) is 9.23 Å². The van der Waals surface area contributed by atoms with Crippen molar-refractivity contribution in [2.24, 2.45) is 23.7 Å². The van der Waals surface area contributed by atoms with Crippen molar-refractivity contribution in [3.05, 3.63) is 0 Å². The van der Waals surface area contributed by atoms with Gasteiger partial charge in [0, 0.05) is 7.11 Å². The molecule has 3 saturated carbocycles. The summed E-state index contributed by atoms with van der Waals surface area (Å²) in [6.07, 6.45) is 5.06. The second kappa shape index (κ2) is 1.58. The van der Waals surface area contributed by atoms with Gasteiger partial charge in [0.25, 0.3) is 0 Å². The highest BCUT2D eigenvalue weighted by Gasteiger charge is 2.61. The molecule has 10 heavy (non-hydrogen) atoms. The Kier molecular flexibility index (Phi) is 0.883. The lowest BCUT2D eigenvalue weighted by atomic mass is 9.98. The summed E-state index contributed by atoms with van der Waals surface area (Å²) in [4.78, 5) is 0. The molecule has 2 bridgehead atoms. The first-order chi connectivity index (χ1) is 4.90. The summed E-state index contributed by atoms with van der Waals surface area (Å²) >= 11 is 0. The van der Waals surface area contributed by atoms with Crippen LogP contribution in [0.4, 0.5) is 0 Å². The van der Waals surface area contributed by atoms with Gasteiger partial charge in [0.15, 0.2) is 0 Å². The lowest BCUT2D eigenvalue weighted by Gasteiger charge is -2.19. The van der Waals surface area contributed by atoms with Crippen molar-refractivity contribution in [3.8, 4) is 0 Å². The Hall–Kier alpha value is -0.0400. The molecule has 1 nitrogen and oxygen atoms in total. The van der Waals surface area contributed by atoms with Gasteiger partial charge in [-0.25, -0.2) is 0 Å². The van der Waals surface area contributed by atoms with Crippen LogP contribution in [0.5, 0.6) is 0 Å². The van der Waals surface area contributed by atoms with E-state index in [4.69, 9.17) is 4.74 Å². The molecule has 0 aromatic rings. The SMILES string of the molecule is CO[C@H]1C[C@H]2C[C@@H]1[C@@H]1C[C@H]21. The van der Waals surface area contributed by atoms with E-state index in [1.807, 2.05) is 7.11 Å². The van der Waals surface area contributed by atoms with Crippen LogP contribution < -0.4 is 0 Å². The standard InChI is InChI=1S/C9H14O/c1-10-9-3-5-2-8(9)7-4-6(5)7/h5-9H,2-4H2,1H3/t5-,6-,7-,8-,9+/m1/s1. The van der Waals surface area contributed by atoms with Crippen molar-refractivity contribution in [1.82, 2.24) is 0 Å². The predicted octanol–water partition coefficient (Wildman–Crippen LogP) is 1.68. The van der Waals surface area contributed by atoms with Crippen LogP contribution in [0.2, 0.25) is 0 Å². The highest BCUT2D eigenvalue weighted by Crippen LogP contribution is 2.66. The Bertz CT molecular complexity index is 166. The average molecular weight is 138 g/mol. The summed E-state index contributed by atoms with van der Waals surface area (Å²) in [7, 11) is 1.88. The molecule has 3 aliphatic carbocycles. The summed E-state index contributed by atoms with van der Waals surface area (Å²) in [5, 5.41) is 0. The quantitative estimate of drug-likeness (QED) is 0.535. The minimum Gasteiger partial charge on any atom is -0.381 e. The van der Waals surface area contributed by atoms with Gasteiger partial charge in [-0.15, -0.1) is 0 Å². The summed E-state index contributed by atoms with van der Waals surface area (Å²) in [6.45, 7) is 0. The normalized spacial score (nSPS) is 62.7. The summed E-state index contributed by atoms with van der Waals surface area (Å²) in [6, 6.07) is 0. The number of hydrogen-bond acceptors (Lipinski definition) is 1. The van der Waals surface area contributed by atoms with Crippen LogP contribution in [-0.2, 0) is 4.74 Å². The molecule has 0 heterocycles. The predicted molar refractivity (Wildman–Crippen MR) is 38.6 cm³/mol. The van der Waals surface area contributed by atoms with Gasteiger partial charge < -0.3 is 4.74 Å². The molecule has 3 aliphatic rings. The Labute approximate surface area is 61.8 Å². The molecule has 1 heteroatoms. The van der Waals surface area contributed by atoms with Crippen molar-refractivity contribution in [2.45, 2.75) is 25.4 Å². The fraction of sp³-hybridized carbons (Fsp3) is 1.00. The highest BCUT2D eigenvalue weighted by atomic mass is 16.5. The van der Waals surface area contributed by atoms with Gasteiger partial charge in [-0.2, -0.15) is 0 Å². The van der Waals surface area contributed by atoms with Gasteiger partial charge in [-0.3, -0.25) is 0 Å². The summed E-state index contributed by atoms with van der Waals surface area (Å²) in [5.41, 5.74) is 0. The third-order valence-corrected chi connectivity index (χ3v) is 3.94. The first-order valence-electron chi connectivity index (χ1n) is 4.43. The fourth-order valence-electron chi connectivity index (χ4n) is 3.41. The van der Waals surface area contributed by atoms with E-state index in [2.05, 4.69) is 0 Å². The molecule has 0 radical (unpaired) electrons. The van der Waals surface area contributed by atoms with Crippen LogP contribution in [0.3, 0.4) is 0 Å². The Balaban J connectivity index is 1.85. The van der Waals surface area contributed by atoms with E-state index in [9.17, 15) is 0 Å². The van der Waals surface area contributed by atoms with Crippen molar-refractivity contribution >= 4 is 0 Å². The minimum atomic E-state index is 0.647. The molecule has 0 saturated heterocycles. The second-order valence-corrected chi connectivity index (χ2v) is 4.23. The minimum absolute atomic E-state index is 0.647. The van der Waals surface area contributed by atoms with Crippen molar-refractivity contribution in [2.75, 3.05) is 7.11 Å². The molecule has 3 rings (SSSR count). The Morgan fingerprint density at radius 2 is 1.90 bits per heavy atom. The molecule has 0 aromatic heterocycles. The number of fused-ring (bicyclic) bond motifs is 5. The largest absolute Gasteiger partial charge is 0.381 e. The van der Waals surface area contributed by atoms with E-state index in [1.54, 1.807) is 0 Å². The molecule has 0 aliphatic heterocycles. The summed E-state index contributed by atoms with van der Waals surface area (Å²) in [5.74, 6) is 4.29. The van der Waals surface area contributed by atoms with Crippen molar-refractivity contribution in [1.29, 1.82) is 0 Å². The zero-order valence-electron chi connectivity index (χ0n) is 6.42. The maximum absolute atomic E-state index is 5.44. The van der Waals surface area contributed by atoms with E-state index in [0.29, 0.717) is 6.10 Å². The molecule has 0 aromatic carbocycles. The third-order valence-electron chi connectivity index (χ3n) is 3.94. The van der Waals surface area contributed by atoms with Crippen LogP contribution in [-0.4, -0.2) is 13.2 Å². The monoisotopic (exact) mass is 138 g/mol. The van der Waals surface area contributed by atoms with E-state index in [1.165, 1.54) is 19.3 Å². The van der Waals surface area contributed by atoms with E-state index < -0.39 is 0 Å². The lowest BCUT2D eigenvalue weighted by Crippen LogP contribution is -2.20. The molecule has 0 spiro atoms. The molecule has 0 N–H and O–H groups in total. The van der Waals surface area contributed by atoms with Crippen LogP contribution in [0.15, 0.2) is 0 Å². The molecule has 0 amide bonds. The average Bonchev–Trinajstić information content (AvgIpc) is 2.58. The molecule has 56 valence electrons. The zero-order valence-corrected chi connectivity index (χ0v) is 6.42. The van der Waals surface area contributed by atoms with Crippen LogP contribution in [0.1, 0.15) is 19.3 Å². The van der Waals surface area contributed by atoms with Gasteiger partial charge in [0.05, 0.1) is 6.10 Å². The first-order valence-corrected chi connectivity index (χ1v) is 4.43.